The molecule has 0 aliphatic carbocycles. The molecular weight excluding hydrogens is 502 g/mol. The van der Waals surface area contributed by atoms with Crippen LogP contribution in [0.2, 0.25) is 0 Å². The summed E-state index contributed by atoms with van der Waals surface area (Å²) in [7, 11) is 0.269. The van der Waals surface area contributed by atoms with Gasteiger partial charge in [0.2, 0.25) is 5.91 Å². The van der Waals surface area contributed by atoms with E-state index in [0.29, 0.717) is 30.8 Å². The number of hydrogen-bond acceptors (Lipinski definition) is 6. The highest BCUT2D eigenvalue weighted by Crippen LogP contribution is 2.45. The van der Waals surface area contributed by atoms with Crippen LogP contribution < -0.4 is 4.74 Å². The first-order valence-corrected chi connectivity index (χ1v) is 14.1. The Morgan fingerprint density at radius 1 is 0.921 bits per heavy atom. The van der Waals surface area contributed by atoms with Crippen molar-refractivity contribution in [1.82, 2.24) is 4.90 Å². The summed E-state index contributed by atoms with van der Waals surface area (Å²) >= 11 is 0. The molecule has 38 heavy (non-hydrogen) atoms. The third-order valence-electron chi connectivity index (χ3n) is 7.38. The summed E-state index contributed by atoms with van der Waals surface area (Å²) in [6.07, 6.45) is -0.568. The molecule has 0 N–H and O–H groups in total. The van der Waals surface area contributed by atoms with Gasteiger partial charge in [0.25, 0.3) is 0 Å². The van der Waals surface area contributed by atoms with Gasteiger partial charge in [-0.2, -0.15) is 0 Å². The first-order chi connectivity index (χ1) is 18.3. The van der Waals surface area contributed by atoms with Crippen molar-refractivity contribution >= 4 is 15.7 Å². The average Bonchev–Trinajstić information content (AvgIpc) is 2.93. The third-order valence-corrected chi connectivity index (χ3v) is 9.85. The Balaban J connectivity index is 1.94. The fourth-order valence-corrected chi connectivity index (χ4v) is 7.68. The molecule has 1 saturated heterocycles. The van der Waals surface area contributed by atoms with Crippen LogP contribution in [0.5, 0.6) is 5.75 Å². The molecule has 0 aromatic heterocycles. The molecule has 2 atom stereocenters. The van der Waals surface area contributed by atoms with Crippen LogP contribution in [0.3, 0.4) is 0 Å². The van der Waals surface area contributed by atoms with E-state index in [1.807, 2.05) is 43.3 Å². The van der Waals surface area contributed by atoms with Crippen molar-refractivity contribution in [3.8, 4) is 5.75 Å². The summed E-state index contributed by atoms with van der Waals surface area (Å²) < 4.78 is 44.3. The SMILES string of the molecule is COc1cccc(CC2(S(=O)(=O)c3ccc(C)cc3)C(=O)N(Cc3ccccc3)CCC2C(OC)OC)c1. The van der Waals surface area contributed by atoms with Crippen LogP contribution in [0.15, 0.2) is 83.8 Å². The molecule has 1 aliphatic rings. The Morgan fingerprint density at radius 2 is 1.58 bits per heavy atom. The van der Waals surface area contributed by atoms with E-state index < -0.39 is 32.7 Å². The molecule has 3 aromatic carbocycles. The third kappa shape index (κ3) is 5.21. The molecule has 8 heteroatoms. The van der Waals surface area contributed by atoms with Crippen molar-refractivity contribution in [3.63, 3.8) is 0 Å². The highest BCUT2D eigenvalue weighted by Gasteiger charge is 2.62. The first kappa shape index (κ1) is 27.8. The van der Waals surface area contributed by atoms with Crippen molar-refractivity contribution < 1.29 is 27.4 Å². The molecule has 0 radical (unpaired) electrons. The van der Waals surface area contributed by atoms with Crippen molar-refractivity contribution in [2.75, 3.05) is 27.9 Å². The largest absolute Gasteiger partial charge is 0.497 e. The smallest absolute Gasteiger partial charge is 0.245 e. The number of rotatable bonds is 10. The molecule has 1 aliphatic heterocycles. The minimum absolute atomic E-state index is 0.0571. The number of aryl methyl sites for hydroxylation is 1. The van der Waals surface area contributed by atoms with Crippen LogP contribution in [0.1, 0.15) is 23.1 Å². The van der Waals surface area contributed by atoms with E-state index in [1.165, 1.54) is 14.2 Å². The molecule has 202 valence electrons. The van der Waals surface area contributed by atoms with Crippen LogP contribution in [-0.2, 0) is 37.1 Å². The first-order valence-electron chi connectivity index (χ1n) is 12.6. The number of amides is 1. The molecule has 3 aromatic rings. The molecule has 1 heterocycles. The van der Waals surface area contributed by atoms with Gasteiger partial charge < -0.3 is 19.1 Å². The fourth-order valence-electron chi connectivity index (χ4n) is 5.42. The van der Waals surface area contributed by atoms with Gasteiger partial charge in [-0.05, 0) is 48.7 Å². The summed E-state index contributed by atoms with van der Waals surface area (Å²) in [5, 5.41) is 0. The number of ether oxygens (including phenoxy) is 3. The van der Waals surface area contributed by atoms with Gasteiger partial charge in [-0.25, -0.2) is 8.42 Å². The van der Waals surface area contributed by atoms with Gasteiger partial charge in [0.15, 0.2) is 20.9 Å². The molecule has 1 amide bonds. The van der Waals surface area contributed by atoms with E-state index >= 15 is 0 Å². The number of hydrogen-bond donors (Lipinski definition) is 0. The molecular formula is C30H35NO6S. The Labute approximate surface area is 225 Å². The van der Waals surface area contributed by atoms with Gasteiger partial charge in [0.1, 0.15) is 5.75 Å². The zero-order valence-corrected chi connectivity index (χ0v) is 23.1. The second kappa shape index (κ2) is 11.7. The maximum Gasteiger partial charge on any atom is 0.245 e. The van der Waals surface area contributed by atoms with Gasteiger partial charge in [-0.3, -0.25) is 4.79 Å². The van der Waals surface area contributed by atoms with Gasteiger partial charge in [-0.15, -0.1) is 0 Å². The molecule has 7 nitrogen and oxygen atoms in total. The lowest BCUT2D eigenvalue weighted by atomic mass is 9.78. The van der Waals surface area contributed by atoms with Crippen molar-refractivity contribution in [3.05, 3.63) is 95.6 Å². The Kier molecular flexibility index (Phi) is 8.55. The van der Waals surface area contributed by atoms with Gasteiger partial charge >= 0.3 is 0 Å². The second-order valence-corrected chi connectivity index (χ2v) is 11.9. The number of carbonyl (C=O) groups is 1. The van der Waals surface area contributed by atoms with Crippen molar-refractivity contribution in [2.45, 2.75) is 42.2 Å². The van der Waals surface area contributed by atoms with E-state index in [4.69, 9.17) is 14.2 Å². The Bertz CT molecular complexity index is 1340. The van der Waals surface area contributed by atoms with E-state index in [9.17, 15) is 13.2 Å². The topological polar surface area (TPSA) is 82.1 Å². The maximum absolute atomic E-state index is 14.7. The Morgan fingerprint density at radius 3 is 2.21 bits per heavy atom. The number of carbonyl (C=O) groups excluding carboxylic acids is 1. The standard InChI is InChI=1S/C30H35NO6S/c1-22-13-15-26(16-14-22)38(33,34)30(20-24-11-8-12-25(19-24)35-2)27(28(36-3)37-4)17-18-31(29(30)32)21-23-9-6-5-7-10-23/h5-16,19,27-28H,17-18,20-21H2,1-4H3. The minimum atomic E-state index is -4.24. The average molecular weight is 538 g/mol. The number of nitrogens with zero attached hydrogens (tertiary/aromatic N) is 1. The number of sulfone groups is 1. The number of methoxy groups -OCH3 is 3. The summed E-state index contributed by atoms with van der Waals surface area (Å²) in [6, 6.07) is 23.4. The molecule has 0 spiro atoms. The predicted molar refractivity (Wildman–Crippen MR) is 146 cm³/mol. The number of benzene rings is 3. The van der Waals surface area contributed by atoms with Crippen LogP contribution in [-0.4, -0.2) is 58.1 Å². The highest BCUT2D eigenvalue weighted by atomic mass is 32.2. The second-order valence-electron chi connectivity index (χ2n) is 9.68. The molecule has 1 fully saturated rings. The van der Waals surface area contributed by atoms with Crippen molar-refractivity contribution in [2.24, 2.45) is 5.92 Å². The van der Waals surface area contributed by atoms with E-state index in [1.54, 1.807) is 54.5 Å². The summed E-state index contributed by atoms with van der Waals surface area (Å²) in [5.41, 5.74) is 2.53. The normalized spacial score (nSPS) is 20.1. The molecule has 0 bridgehead atoms. The van der Waals surface area contributed by atoms with Crippen LogP contribution in [0.4, 0.5) is 0 Å². The van der Waals surface area contributed by atoms with Gasteiger partial charge in [0, 0.05) is 39.6 Å². The van der Waals surface area contributed by atoms with Crippen LogP contribution in [0, 0.1) is 12.8 Å². The highest BCUT2D eigenvalue weighted by molar-refractivity contribution is 7.93. The molecule has 0 saturated carbocycles. The fraction of sp³-hybridized carbons (Fsp3) is 0.367. The summed E-state index contributed by atoms with van der Waals surface area (Å²) in [4.78, 5) is 16.4. The zero-order chi connectivity index (χ0) is 27.3. The molecule has 4 rings (SSSR count). The lowest BCUT2D eigenvalue weighted by Crippen LogP contribution is -2.66. The van der Waals surface area contributed by atoms with Crippen LogP contribution in [0.25, 0.3) is 0 Å². The minimum Gasteiger partial charge on any atom is -0.497 e. The lowest BCUT2D eigenvalue weighted by molar-refractivity contribution is -0.170. The van der Waals surface area contributed by atoms with E-state index in [-0.39, 0.29) is 11.3 Å². The summed E-state index contributed by atoms with van der Waals surface area (Å²) in [5.74, 6) is -0.629. The van der Waals surface area contributed by atoms with Crippen LogP contribution >= 0.6 is 0 Å². The van der Waals surface area contributed by atoms with E-state index in [0.717, 1.165) is 11.1 Å². The Hall–Kier alpha value is -3.20. The number of likely N-dealkylation sites (tertiary alicyclic amines) is 1. The summed E-state index contributed by atoms with van der Waals surface area (Å²) in [6.45, 7) is 2.58. The zero-order valence-electron chi connectivity index (χ0n) is 22.3. The van der Waals surface area contributed by atoms with Gasteiger partial charge in [0.05, 0.1) is 12.0 Å². The predicted octanol–water partition coefficient (Wildman–Crippen LogP) is 4.43. The quantitative estimate of drug-likeness (QED) is 0.356. The maximum atomic E-state index is 14.7. The van der Waals surface area contributed by atoms with Gasteiger partial charge in [-0.1, -0.05) is 60.2 Å². The monoisotopic (exact) mass is 537 g/mol. The van der Waals surface area contributed by atoms with Crippen molar-refractivity contribution in [1.29, 1.82) is 0 Å². The lowest BCUT2D eigenvalue weighted by Gasteiger charge is -2.48. The van der Waals surface area contributed by atoms with E-state index in [2.05, 4.69) is 0 Å². The number of piperidine rings is 1. The molecule has 2 unspecified atom stereocenters.